The Balaban J connectivity index is 1.89. The normalized spacial score (nSPS) is 19.5. The Hall–Kier alpha value is -0.870. The molecule has 1 aromatic rings. The zero-order valence-electron chi connectivity index (χ0n) is 8.62. The van der Waals surface area contributed by atoms with Gasteiger partial charge in [-0.1, -0.05) is 0 Å². The van der Waals surface area contributed by atoms with E-state index >= 15 is 0 Å². The van der Waals surface area contributed by atoms with Crippen LogP contribution in [0.4, 0.5) is 0 Å². The van der Waals surface area contributed by atoms with E-state index in [9.17, 15) is 0 Å². The molecule has 0 radical (unpaired) electrons. The molecule has 1 N–H and O–H groups in total. The lowest BCUT2D eigenvalue weighted by Gasteiger charge is -2.17. The Morgan fingerprint density at radius 2 is 2.43 bits per heavy atom. The van der Waals surface area contributed by atoms with Crippen molar-refractivity contribution in [3.8, 4) is 0 Å². The summed E-state index contributed by atoms with van der Waals surface area (Å²) in [7, 11) is 0. The molecule has 2 rings (SSSR count). The highest BCUT2D eigenvalue weighted by Crippen LogP contribution is 2.06. The predicted octanol–water partition coefficient (Wildman–Crippen LogP) is 0.778. The molecule has 1 saturated heterocycles. The molecule has 1 aromatic heterocycles. The third-order valence-corrected chi connectivity index (χ3v) is 2.48. The maximum atomic E-state index is 5.18. The van der Waals surface area contributed by atoms with Crippen LogP contribution in [0, 0.1) is 6.92 Å². The number of nitrogens with one attached hydrogen (secondary N) is 1. The monoisotopic (exact) mass is 195 g/mol. The number of oxazole rings is 1. The van der Waals surface area contributed by atoms with Gasteiger partial charge in [0.15, 0.2) is 5.89 Å². The molecule has 0 spiro atoms. The summed E-state index contributed by atoms with van der Waals surface area (Å²) >= 11 is 0. The summed E-state index contributed by atoms with van der Waals surface area (Å²) in [6.45, 7) is 7.27. The molecule has 0 amide bonds. The minimum atomic E-state index is 0.757. The van der Waals surface area contributed by atoms with Gasteiger partial charge >= 0.3 is 0 Å². The van der Waals surface area contributed by atoms with Crippen molar-refractivity contribution in [3.63, 3.8) is 0 Å². The van der Waals surface area contributed by atoms with Crippen LogP contribution in [0.1, 0.15) is 18.0 Å². The van der Waals surface area contributed by atoms with Crippen LogP contribution in [0.25, 0.3) is 0 Å². The summed E-state index contributed by atoms with van der Waals surface area (Å²) < 4.78 is 5.18. The van der Waals surface area contributed by atoms with Crippen LogP contribution in [0.15, 0.2) is 10.7 Å². The van der Waals surface area contributed by atoms with Crippen LogP contribution < -0.4 is 5.32 Å². The minimum Gasteiger partial charge on any atom is -0.449 e. The SMILES string of the molecule is Cc1nc(CN2CCCNCC2)co1. The highest BCUT2D eigenvalue weighted by molar-refractivity contribution is 4.95. The van der Waals surface area contributed by atoms with Gasteiger partial charge in [-0.25, -0.2) is 4.98 Å². The Labute approximate surface area is 84.3 Å². The zero-order chi connectivity index (χ0) is 9.80. The van der Waals surface area contributed by atoms with E-state index in [0.29, 0.717) is 0 Å². The molecule has 4 nitrogen and oxygen atoms in total. The van der Waals surface area contributed by atoms with Crippen molar-refractivity contribution < 1.29 is 4.42 Å². The lowest BCUT2D eigenvalue weighted by molar-refractivity contribution is 0.281. The highest BCUT2D eigenvalue weighted by Gasteiger charge is 2.10. The van der Waals surface area contributed by atoms with E-state index in [4.69, 9.17) is 4.42 Å². The largest absolute Gasteiger partial charge is 0.449 e. The maximum Gasteiger partial charge on any atom is 0.191 e. The van der Waals surface area contributed by atoms with Gasteiger partial charge in [-0.3, -0.25) is 4.90 Å². The Bertz CT molecular complexity index is 277. The van der Waals surface area contributed by atoms with Crippen molar-refractivity contribution in [2.75, 3.05) is 26.2 Å². The summed E-state index contributed by atoms with van der Waals surface area (Å²) in [4.78, 5) is 6.72. The molecule has 78 valence electrons. The molecule has 14 heavy (non-hydrogen) atoms. The van der Waals surface area contributed by atoms with E-state index in [1.807, 2.05) is 6.92 Å². The van der Waals surface area contributed by atoms with Gasteiger partial charge in [0.25, 0.3) is 0 Å². The average Bonchev–Trinajstić information content (AvgIpc) is 2.43. The first-order valence-corrected chi connectivity index (χ1v) is 5.19. The maximum absolute atomic E-state index is 5.18. The molecule has 0 atom stereocenters. The lowest BCUT2D eigenvalue weighted by atomic mass is 10.3. The van der Waals surface area contributed by atoms with Crippen molar-refractivity contribution in [1.29, 1.82) is 0 Å². The van der Waals surface area contributed by atoms with Crippen LogP contribution >= 0.6 is 0 Å². The highest BCUT2D eigenvalue weighted by atomic mass is 16.3. The Morgan fingerprint density at radius 3 is 3.21 bits per heavy atom. The molecule has 1 aliphatic heterocycles. The molecule has 0 unspecified atom stereocenters. The van der Waals surface area contributed by atoms with Gasteiger partial charge in [0, 0.05) is 26.6 Å². The van der Waals surface area contributed by atoms with Crippen molar-refractivity contribution in [1.82, 2.24) is 15.2 Å². The first-order chi connectivity index (χ1) is 6.84. The van der Waals surface area contributed by atoms with E-state index in [1.165, 1.54) is 6.42 Å². The van der Waals surface area contributed by atoms with Crippen LogP contribution in [-0.4, -0.2) is 36.1 Å². The van der Waals surface area contributed by atoms with Crippen LogP contribution in [-0.2, 0) is 6.54 Å². The minimum absolute atomic E-state index is 0.757. The second kappa shape index (κ2) is 4.57. The first kappa shape index (κ1) is 9.68. The second-order valence-corrected chi connectivity index (χ2v) is 3.74. The fraction of sp³-hybridized carbons (Fsp3) is 0.700. The summed E-state index contributed by atoms with van der Waals surface area (Å²) in [5, 5.41) is 3.38. The zero-order valence-corrected chi connectivity index (χ0v) is 8.62. The number of aromatic nitrogens is 1. The van der Waals surface area contributed by atoms with Crippen LogP contribution in [0.2, 0.25) is 0 Å². The molecule has 0 aliphatic carbocycles. The quantitative estimate of drug-likeness (QED) is 0.757. The summed E-state index contributed by atoms with van der Waals surface area (Å²) in [6.07, 6.45) is 2.98. The topological polar surface area (TPSA) is 41.3 Å². The fourth-order valence-corrected chi connectivity index (χ4v) is 1.77. The van der Waals surface area contributed by atoms with Gasteiger partial charge in [0.05, 0.1) is 5.69 Å². The van der Waals surface area contributed by atoms with Gasteiger partial charge < -0.3 is 9.73 Å². The Morgan fingerprint density at radius 1 is 1.50 bits per heavy atom. The molecular weight excluding hydrogens is 178 g/mol. The average molecular weight is 195 g/mol. The van der Waals surface area contributed by atoms with Crippen molar-refractivity contribution in [2.24, 2.45) is 0 Å². The lowest BCUT2D eigenvalue weighted by Crippen LogP contribution is -2.27. The molecular formula is C10H17N3O. The van der Waals surface area contributed by atoms with Crippen LogP contribution in [0.5, 0.6) is 0 Å². The molecule has 1 fully saturated rings. The molecule has 4 heteroatoms. The van der Waals surface area contributed by atoms with E-state index < -0.39 is 0 Å². The van der Waals surface area contributed by atoms with E-state index in [-0.39, 0.29) is 0 Å². The van der Waals surface area contributed by atoms with Gasteiger partial charge in [-0.2, -0.15) is 0 Å². The van der Waals surface area contributed by atoms with E-state index in [2.05, 4.69) is 15.2 Å². The van der Waals surface area contributed by atoms with E-state index in [1.54, 1.807) is 6.26 Å². The van der Waals surface area contributed by atoms with Gasteiger partial charge in [0.2, 0.25) is 0 Å². The number of nitrogens with zero attached hydrogens (tertiary/aromatic N) is 2. The molecule has 0 bridgehead atoms. The number of hydrogen-bond donors (Lipinski definition) is 1. The molecule has 1 aliphatic rings. The second-order valence-electron chi connectivity index (χ2n) is 3.74. The number of hydrogen-bond acceptors (Lipinski definition) is 4. The van der Waals surface area contributed by atoms with Crippen LogP contribution in [0.3, 0.4) is 0 Å². The smallest absolute Gasteiger partial charge is 0.191 e. The van der Waals surface area contributed by atoms with Gasteiger partial charge in [-0.15, -0.1) is 0 Å². The predicted molar refractivity (Wildman–Crippen MR) is 54.0 cm³/mol. The third kappa shape index (κ3) is 2.56. The summed E-state index contributed by atoms with van der Waals surface area (Å²) in [5.74, 6) is 0.757. The molecule has 2 heterocycles. The fourth-order valence-electron chi connectivity index (χ4n) is 1.77. The standard InChI is InChI=1S/C10H17N3O/c1-9-12-10(8-14-9)7-13-5-2-3-11-4-6-13/h8,11H,2-7H2,1H3. The summed E-state index contributed by atoms with van der Waals surface area (Å²) in [6, 6.07) is 0. The van der Waals surface area contributed by atoms with Crippen molar-refractivity contribution in [2.45, 2.75) is 19.9 Å². The number of rotatable bonds is 2. The van der Waals surface area contributed by atoms with Crippen molar-refractivity contribution in [3.05, 3.63) is 17.8 Å². The van der Waals surface area contributed by atoms with Gasteiger partial charge in [-0.05, 0) is 19.5 Å². The molecule has 0 aromatic carbocycles. The number of aryl methyl sites for hydroxylation is 1. The third-order valence-electron chi connectivity index (χ3n) is 2.48. The van der Waals surface area contributed by atoms with E-state index in [0.717, 1.165) is 44.3 Å². The van der Waals surface area contributed by atoms with Crippen molar-refractivity contribution >= 4 is 0 Å². The molecule has 0 saturated carbocycles. The first-order valence-electron chi connectivity index (χ1n) is 5.19. The Kier molecular flexibility index (Phi) is 3.16. The van der Waals surface area contributed by atoms with Gasteiger partial charge in [0.1, 0.15) is 6.26 Å². The summed E-state index contributed by atoms with van der Waals surface area (Å²) in [5.41, 5.74) is 1.05.